The Morgan fingerprint density at radius 1 is 1.03 bits per heavy atom. The Morgan fingerprint density at radius 2 is 1.72 bits per heavy atom. The summed E-state index contributed by atoms with van der Waals surface area (Å²) in [6.07, 6.45) is -2.59. The van der Waals surface area contributed by atoms with Crippen molar-refractivity contribution in [1.29, 1.82) is 0 Å². The van der Waals surface area contributed by atoms with Crippen LogP contribution >= 0.6 is 0 Å². The van der Waals surface area contributed by atoms with Crippen molar-refractivity contribution in [2.75, 3.05) is 18.0 Å². The minimum atomic E-state index is -4.41. The van der Waals surface area contributed by atoms with Gasteiger partial charge in [0, 0.05) is 12.0 Å². The molecule has 6 nitrogen and oxygen atoms in total. The van der Waals surface area contributed by atoms with Crippen molar-refractivity contribution < 1.29 is 32.1 Å². The van der Waals surface area contributed by atoms with E-state index in [0.29, 0.717) is 31.7 Å². The lowest BCUT2D eigenvalue weighted by atomic mass is 9.96. The van der Waals surface area contributed by atoms with Gasteiger partial charge in [0.15, 0.2) is 0 Å². The van der Waals surface area contributed by atoms with Crippen molar-refractivity contribution in [3.63, 3.8) is 0 Å². The summed E-state index contributed by atoms with van der Waals surface area (Å²) in [5.41, 5.74) is 3.55. The normalized spacial score (nSPS) is 15.1. The molecule has 10 heteroatoms. The minimum absolute atomic E-state index is 0.180. The molecular weight excluding hydrogens is 392 g/mol. The quantitative estimate of drug-likeness (QED) is 0.602. The number of anilines is 1. The topological polar surface area (TPSA) is 75.6 Å². The number of benzene rings is 1. The molecule has 0 atom stereocenters. The predicted molar refractivity (Wildman–Crippen MR) is 94.9 cm³/mol. The second-order valence-corrected chi connectivity index (χ2v) is 6.64. The van der Waals surface area contributed by atoms with Crippen LogP contribution < -0.4 is 20.7 Å². The van der Waals surface area contributed by atoms with Crippen molar-refractivity contribution in [2.45, 2.75) is 19.0 Å². The first-order valence-electron chi connectivity index (χ1n) is 8.94. The maximum absolute atomic E-state index is 13.6. The van der Waals surface area contributed by atoms with Gasteiger partial charge in [0.25, 0.3) is 11.7 Å². The van der Waals surface area contributed by atoms with Gasteiger partial charge in [-0.2, -0.15) is 13.2 Å². The lowest BCUT2D eigenvalue weighted by Crippen LogP contribution is -2.48. The number of hydrogen-bond acceptors (Lipinski definition) is 3. The van der Waals surface area contributed by atoms with Crippen LogP contribution in [0, 0.1) is 11.7 Å². The van der Waals surface area contributed by atoms with Crippen molar-refractivity contribution in [1.82, 2.24) is 10.9 Å². The number of rotatable bonds is 3. The van der Waals surface area contributed by atoms with Gasteiger partial charge in [-0.1, -0.05) is 12.1 Å². The molecule has 0 radical (unpaired) electrons. The molecule has 0 saturated carbocycles. The van der Waals surface area contributed by atoms with E-state index in [4.69, 9.17) is 0 Å². The number of pyridine rings is 1. The van der Waals surface area contributed by atoms with Gasteiger partial charge in [-0.3, -0.25) is 25.3 Å². The Morgan fingerprint density at radius 3 is 2.31 bits per heavy atom. The number of hydrogen-bond donors (Lipinski definition) is 2. The first-order valence-corrected chi connectivity index (χ1v) is 8.94. The molecule has 3 rings (SSSR count). The van der Waals surface area contributed by atoms with Crippen molar-refractivity contribution in [2.24, 2.45) is 5.92 Å². The number of amides is 2. The lowest BCUT2D eigenvalue weighted by molar-refractivity contribution is -0.367. The van der Waals surface area contributed by atoms with E-state index in [1.807, 2.05) is 4.90 Å². The molecule has 2 heterocycles. The molecule has 0 unspecified atom stereocenters. The number of aromatic amines is 1. The van der Waals surface area contributed by atoms with E-state index in [0.717, 1.165) is 18.3 Å². The number of hydrazine groups is 1. The molecule has 154 valence electrons. The highest BCUT2D eigenvalue weighted by molar-refractivity contribution is 5.95. The van der Waals surface area contributed by atoms with Crippen molar-refractivity contribution >= 4 is 17.6 Å². The highest BCUT2D eigenvalue weighted by atomic mass is 19.4. The first kappa shape index (κ1) is 20.6. The third-order valence-corrected chi connectivity index (χ3v) is 4.75. The molecule has 3 N–H and O–H groups in total. The summed E-state index contributed by atoms with van der Waals surface area (Å²) >= 11 is 0. The molecule has 0 spiro atoms. The zero-order valence-electron chi connectivity index (χ0n) is 15.2. The molecule has 2 amide bonds. The van der Waals surface area contributed by atoms with E-state index in [1.165, 1.54) is 24.3 Å². The van der Waals surface area contributed by atoms with Crippen LogP contribution in [0.2, 0.25) is 0 Å². The summed E-state index contributed by atoms with van der Waals surface area (Å²) in [6, 6.07) is 7.77. The molecule has 1 aromatic heterocycles. The van der Waals surface area contributed by atoms with Crippen LogP contribution in [0.3, 0.4) is 0 Å². The summed E-state index contributed by atoms with van der Waals surface area (Å²) in [4.78, 5) is 28.7. The third kappa shape index (κ3) is 5.01. The highest BCUT2D eigenvalue weighted by Gasteiger charge is 2.33. The van der Waals surface area contributed by atoms with E-state index >= 15 is 0 Å². The molecule has 1 aromatic carbocycles. The second kappa shape index (κ2) is 8.46. The maximum Gasteiger partial charge on any atom is 0.419 e. The second-order valence-electron chi connectivity index (χ2n) is 6.64. The van der Waals surface area contributed by atoms with E-state index in [2.05, 4.69) is 15.8 Å². The Kier molecular flexibility index (Phi) is 6.00. The average molecular weight is 411 g/mol. The lowest BCUT2D eigenvalue weighted by Gasteiger charge is -2.27. The summed E-state index contributed by atoms with van der Waals surface area (Å²) in [5.74, 6) is -1.69. The summed E-state index contributed by atoms with van der Waals surface area (Å²) in [5, 5.41) is 0. The average Bonchev–Trinajstić information content (AvgIpc) is 2.71. The molecule has 1 aliphatic rings. The number of carbonyl (C=O) groups excluding carboxylic acids is 2. The summed E-state index contributed by atoms with van der Waals surface area (Å²) in [7, 11) is 0. The molecule has 1 fully saturated rings. The van der Waals surface area contributed by atoms with Crippen LogP contribution in [0.4, 0.5) is 23.4 Å². The van der Waals surface area contributed by atoms with Gasteiger partial charge in [0.2, 0.25) is 5.91 Å². The molecule has 1 saturated heterocycles. The molecule has 0 bridgehead atoms. The predicted octanol–water partition coefficient (Wildman–Crippen LogP) is 2.34. The van der Waals surface area contributed by atoms with Crippen LogP contribution in [-0.2, 0) is 11.0 Å². The van der Waals surface area contributed by atoms with Crippen LogP contribution in [0.5, 0.6) is 0 Å². The van der Waals surface area contributed by atoms with Crippen LogP contribution in [-0.4, -0.2) is 24.9 Å². The Hall–Kier alpha value is -3.17. The zero-order valence-corrected chi connectivity index (χ0v) is 15.2. The van der Waals surface area contributed by atoms with Gasteiger partial charge < -0.3 is 0 Å². The number of carbonyl (C=O) groups is 2. The first-order chi connectivity index (χ1) is 13.8. The number of aromatic nitrogens is 1. The number of alkyl halides is 3. The highest BCUT2D eigenvalue weighted by Crippen LogP contribution is 2.29. The molecular formula is C19H19F4N4O2+. The molecule has 2 aromatic rings. The van der Waals surface area contributed by atoms with E-state index < -0.39 is 29.4 Å². The molecule has 1 aliphatic heterocycles. The fourth-order valence-corrected chi connectivity index (χ4v) is 3.11. The van der Waals surface area contributed by atoms with Gasteiger partial charge in [0.1, 0.15) is 12.0 Å². The number of nitrogens with zero attached hydrogens (tertiary/aromatic N) is 1. The van der Waals surface area contributed by atoms with Gasteiger partial charge >= 0.3 is 6.18 Å². The SMILES string of the molecule is O=C(NNC(=O)C1CCN(c2ccc(C(F)(F)F)c[nH+]2)CC1)c1ccccc1F. The van der Waals surface area contributed by atoms with Crippen LogP contribution in [0.25, 0.3) is 0 Å². The van der Waals surface area contributed by atoms with E-state index in [1.54, 1.807) is 0 Å². The number of halogens is 4. The van der Waals surface area contributed by atoms with Gasteiger partial charge in [-0.15, -0.1) is 0 Å². The van der Waals surface area contributed by atoms with Crippen LogP contribution in [0.1, 0.15) is 28.8 Å². The Bertz CT molecular complexity index is 879. The van der Waals surface area contributed by atoms with E-state index in [9.17, 15) is 27.2 Å². The molecule has 29 heavy (non-hydrogen) atoms. The smallest absolute Gasteiger partial charge is 0.273 e. The minimum Gasteiger partial charge on any atom is -0.273 e. The summed E-state index contributed by atoms with van der Waals surface area (Å²) < 4.78 is 51.5. The Labute approximate surface area is 163 Å². The monoisotopic (exact) mass is 411 g/mol. The van der Waals surface area contributed by atoms with Crippen molar-refractivity contribution in [3.8, 4) is 0 Å². The Balaban J connectivity index is 1.49. The zero-order chi connectivity index (χ0) is 21.0. The maximum atomic E-state index is 13.6. The fraction of sp³-hybridized carbons (Fsp3) is 0.316. The number of nitrogens with one attached hydrogen (secondary N) is 3. The molecule has 0 aliphatic carbocycles. The summed E-state index contributed by atoms with van der Waals surface area (Å²) in [6.45, 7) is 0.919. The van der Waals surface area contributed by atoms with Gasteiger partial charge in [-0.25, -0.2) is 9.37 Å². The van der Waals surface area contributed by atoms with Crippen LogP contribution in [0.15, 0.2) is 42.6 Å². The third-order valence-electron chi connectivity index (χ3n) is 4.75. The fourth-order valence-electron chi connectivity index (χ4n) is 3.11. The number of H-pyrrole nitrogens is 1. The number of piperidine rings is 1. The van der Waals surface area contributed by atoms with Gasteiger partial charge in [-0.05, 0) is 31.0 Å². The van der Waals surface area contributed by atoms with Crippen molar-refractivity contribution in [3.05, 3.63) is 59.5 Å². The van der Waals surface area contributed by atoms with E-state index in [-0.39, 0.29) is 11.5 Å². The largest absolute Gasteiger partial charge is 0.419 e. The van der Waals surface area contributed by atoms with Gasteiger partial charge in [0.05, 0.1) is 24.2 Å². The standard InChI is InChI=1S/C19H18F4N4O2/c20-15-4-2-1-3-14(15)18(29)26-25-17(28)12-7-9-27(10-8-12)16-6-5-13(11-24-16)19(21,22)23/h1-6,11-12H,7-10H2,(H,25,28)(H,26,29)/p+1.